The predicted octanol–water partition coefficient (Wildman–Crippen LogP) is 3.42. The average Bonchev–Trinajstić information content (AvgIpc) is 2.34. The van der Waals surface area contributed by atoms with E-state index < -0.39 is 0 Å². The highest BCUT2D eigenvalue weighted by Gasteiger charge is 2.15. The molecule has 18 heavy (non-hydrogen) atoms. The second-order valence-electron chi connectivity index (χ2n) is 5.11. The summed E-state index contributed by atoms with van der Waals surface area (Å²) in [5.74, 6) is 0.798. The minimum absolute atomic E-state index is 0.694. The maximum absolute atomic E-state index is 6.14. The molecule has 1 aliphatic heterocycles. The lowest BCUT2D eigenvalue weighted by atomic mass is 9.97. The Bertz CT molecular complexity index is 387. The average molecular weight is 287 g/mol. The van der Waals surface area contributed by atoms with Gasteiger partial charge < -0.3 is 10.2 Å². The summed E-state index contributed by atoms with van der Waals surface area (Å²) in [5.41, 5.74) is 1.12. The summed E-state index contributed by atoms with van der Waals surface area (Å²) in [6.45, 7) is 4.33. The largest absolute Gasteiger partial charge is 0.312 e. The minimum atomic E-state index is 0.694. The van der Waals surface area contributed by atoms with Crippen molar-refractivity contribution < 1.29 is 0 Å². The molecule has 0 radical (unpaired) electrons. The van der Waals surface area contributed by atoms with Crippen molar-refractivity contribution in [2.24, 2.45) is 5.92 Å². The van der Waals surface area contributed by atoms with Crippen LogP contribution in [0, 0.1) is 5.92 Å². The topological polar surface area (TPSA) is 15.3 Å². The molecule has 0 spiro atoms. The lowest BCUT2D eigenvalue weighted by molar-refractivity contribution is 0.216. The third-order valence-electron chi connectivity index (χ3n) is 3.60. The van der Waals surface area contributed by atoms with E-state index in [0.717, 1.165) is 29.6 Å². The van der Waals surface area contributed by atoms with Gasteiger partial charge in [-0.3, -0.25) is 0 Å². The van der Waals surface area contributed by atoms with Crippen molar-refractivity contribution in [3.05, 3.63) is 33.8 Å². The van der Waals surface area contributed by atoms with Crippen LogP contribution in [0.25, 0.3) is 0 Å². The smallest absolute Gasteiger partial charge is 0.0465 e. The summed E-state index contributed by atoms with van der Waals surface area (Å²) in [4.78, 5) is 2.40. The van der Waals surface area contributed by atoms with Gasteiger partial charge in [-0.1, -0.05) is 29.3 Å². The number of rotatable bonds is 4. The van der Waals surface area contributed by atoms with E-state index >= 15 is 0 Å². The lowest BCUT2D eigenvalue weighted by Gasteiger charge is -2.29. The van der Waals surface area contributed by atoms with Crippen LogP contribution in [0.4, 0.5) is 0 Å². The van der Waals surface area contributed by atoms with Gasteiger partial charge in [-0.25, -0.2) is 0 Å². The molecular formula is C14H20Cl2N2. The molecule has 1 heterocycles. The number of piperidine rings is 1. The minimum Gasteiger partial charge on any atom is -0.312 e. The Hall–Kier alpha value is -0.280. The van der Waals surface area contributed by atoms with Crippen LogP contribution < -0.4 is 5.32 Å². The zero-order chi connectivity index (χ0) is 13.0. The van der Waals surface area contributed by atoms with Crippen molar-refractivity contribution in [1.29, 1.82) is 0 Å². The van der Waals surface area contributed by atoms with E-state index in [9.17, 15) is 0 Å². The molecule has 1 aliphatic rings. The molecule has 2 nitrogen and oxygen atoms in total. The molecule has 100 valence electrons. The monoisotopic (exact) mass is 286 g/mol. The van der Waals surface area contributed by atoms with Crippen molar-refractivity contribution >= 4 is 23.2 Å². The first-order chi connectivity index (χ1) is 8.65. The maximum atomic E-state index is 6.14. The Morgan fingerprint density at radius 2 is 2.00 bits per heavy atom. The summed E-state index contributed by atoms with van der Waals surface area (Å²) >= 11 is 12.0. The van der Waals surface area contributed by atoms with E-state index in [-0.39, 0.29) is 0 Å². The third kappa shape index (κ3) is 4.13. The van der Waals surface area contributed by atoms with E-state index in [1.165, 1.54) is 25.9 Å². The first-order valence-electron chi connectivity index (χ1n) is 6.48. The molecule has 0 saturated carbocycles. The van der Waals surface area contributed by atoms with Crippen LogP contribution in [0.15, 0.2) is 18.2 Å². The molecule has 1 fully saturated rings. The first-order valence-corrected chi connectivity index (χ1v) is 7.24. The molecule has 1 N–H and O–H groups in total. The Kier molecular flexibility index (Phi) is 5.31. The van der Waals surface area contributed by atoms with Gasteiger partial charge in [0.1, 0.15) is 0 Å². The Balaban J connectivity index is 1.75. The third-order valence-corrected chi connectivity index (χ3v) is 4.19. The zero-order valence-corrected chi connectivity index (χ0v) is 12.3. The molecule has 0 bridgehead atoms. The molecule has 2 rings (SSSR count). The molecule has 1 saturated heterocycles. The fraction of sp³-hybridized carbons (Fsp3) is 0.571. The van der Waals surface area contributed by atoms with Crippen molar-refractivity contribution in [2.45, 2.75) is 19.4 Å². The van der Waals surface area contributed by atoms with Crippen molar-refractivity contribution in [3.63, 3.8) is 0 Å². The fourth-order valence-corrected chi connectivity index (χ4v) is 2.82. The summed E-state index contributed by atoms with van der Waals surface area (Å²) < 4.78 is 0. The molecule has 0 amide bonds. The molecule has 1 aromatic carbocycles. The molecule has 0 unspecified atom stereocenters. The van der Waals surface area contributed by atoms with E-state index in [1.807, 2.05) is 12.1 Å². The summed E-state index contributed by atoms with van der Waals surface area (Å²) in [6.07, 6.45) is 2.58. The normalized spacial score (nSPS) is 18.2. The zero-order valence-electron chi connectivity index (χ0n) is 10.8. The summed E-state index contributed by atoms with van der Waals surface area (Å²) in [6, 6.07) is 5.68. The number of nitrogens with one attached hydrogen (secondary N) is 1. The van der Waals surface area contributed by atoms with Crippen molar-refractivity contribution in [3.8, 4) is 0 Å². The van der Waals surface area contributed by atoms with Gasteiger partial charge >= 0.3 is 0 Å². The van der Waals surface area contributed by atoms with E-state index in [4.69, 9.17) is 23.2 Å². The van der Waals surface area contributed by atoms with Crippen molar-refractivity contribution in [1.82, 2.24) is 10.2 Å². The molecule has 0 aliphatic carbocycles. The van der Waals surface area contributed by atoms with Crippen LogP contribution in [0.3, 0.4) is 0 Å². The quantitative estimate of drug-likeness (QED) is 0.912. The van der Waals surface area contributed by atoms with Gasteiger partial charge in [0.25, 0.3) is 0 Å². The second kappa shape index (κ2) is 6.76. The van der Waals surface area contributed by atoms with Gasteiger partial charge in [-0.15, -0.1) is 0 Å². The number of hydrogen-bond donors (Lipinski definition) is 1. The van der Waals surface area contributed by atoms with E-state index in [2.05, 4.69) is 17.3 Å². The summed E-state index contributed by atoms with van der Waals surface area (Å²) in [5, 5.41) is 4.94. The summed E-state index contributed by atoms with van der Waals surface area (Å²) in [7, 11) is 2.19. The van der Waals surface area contributed by atoms with Gasteiger partial charge in [0.2, 0.25) is 0 Å². The van der Waals surface area contributed by atoms with Crippen LogP contribution in [0.1, 0.15) is 18.4 Å². The fourth-order valence-electron chi connectivity index (χ4n) is 2.34. The predicted molar refractivity (Wildman–Crippen MR) is 78.4 cm³/mol. The lowest BCUT2D eigenvalue weighted by Crippen LogP contribution is -2.34. The van der Waals surface area contributed by atoms with E-state index in [0.29, 0.717) is 5.02 Å². The van der Waals surface area contributed by atoms with Gasteiger partial charge in [-0.2, -0.15) is 0 Å². The maximum Gasteiger partial charge on any atom is 0.0465 e. The number of likely N-dealkylation sites (tertiary alicyclic amines) is 1. The molecular weight excluding hydrogens is 267 g/mol. The highest BCUT2D eigenvalue weighted by molar-refractivity contribution is 6.35. The Morgan fingerprint density at radius 3 is 2.67 bits per heavy atom. The van der Waals surface area contributed by atoms with Crippen molar-refractivity contribution in [2.75, 3.05) is 26.7 Å². The first kappa shape index (κ1) is 14.1. The molecule has 0 aromatic heterocycles. The van der Waals surface area contributed by atoms with Crippen LogP contribution in [-0.2, 0) is 6.54 Å². The number of nitrogens with zero attached hydrogens (tertiary/aromatic N) is 1. The van der Waals surface area contributed by atoms with Crippen LogP contribution in [-0.4, -0.2) is 31.6 Å². The van der Waals surface area contributed by atoms with Crippen LogP contribution in [0.5, 0.6) is 0 Å². The highest BCUT2D eigenvalue weighted by Crippen LogP contribution is 2.21. The second-order valence-corrected chi connectivity index (χ2v) is 5.96. The van der Waals surface area contributed by atoms with Crippen LogP contribution >= 0.6 is 23.2 Å². The SMILES string of the molecule is CN1CCC(CNCc2ccc(Cl)cc2Cl)CC1. The standard InChI is InChI=1S/C14H20Cl2N2/c1-18-6-4-11(5-7-18)9-17-10-12-2-3-13(15)8-14(12)16/h2-3,8,11,17H,4-7,9-10H2,1H3. The molecule has 4 heteroatoms. The van der Waals surface area contributed by atoms with E-state index in [1.54, 1.807) is 6.07 Å². The number of halogens is 2. The molecule has 1 aromatic rings. The molecule has 0 atom stereocenters. The number of benzene rings is 1. The Labute approximate surface area is 119 Å². The van der Waals surface area contributed by atoms with Crippen LogP contribution in [0.2, 0.25) is 10.0 Å². The number of hydrogen-bond acceptors (Lipinski definition) is 2. The Morgan fingerprint density at radius 1 is 1.28 bits per heavy atom. The van der Waals surface area contributed by atoms with Gasteiger partial charge in [-0.05, 0) is 63.1 Å². The highest BCUT2D eigenvalue weighted by atomic mass is 35.5. The van der Waals surface area contributed by atoms with Gasteiger partial charge in [0.15, 0.2) is 0 Å². The van der Waals surface area contributed by atoms with Gasteiger partial charge in [0, 0.05) is 16.6 Å². The van der Waals surface area contributed by atoms with Gasteiger partial charge in [0.05, 0.1) is 0 Å².